The van der Waals surface area contributed by atoms with Gasteiger partial charge in [-0.15, -0.1) is 0 Å². The summed E-state index contributed by atoms with van der Waals surface area (Å²) < 4.78 is 27.5. The molecule has 1 saturated heterocycles. The Morgan fingerprint density at radius 1 is 1.33 bits per heavy atom. The lowest BCUT2D eigenvalue weighted by Crippen LogP contribution is -2.44. The zero-order valence-corrected chi connectivity index (χ0v) is 13.3. The molecule has 1 aliphatic rings. The minimum atomic E-state index is -3.50. The summed E-state index contributed by atoms with van der Waals surface area (Å²) in [6.07, 6.45) is 2.82. The van der Waals surface area contributed by atoms with Crippen molar-refractivity contribution in [2.75, 3.05) is 19.6 Å². The van der Waals surface area contributed by atoms with Crippen LogP contribution in [-0.4, -0.2) is 44.1 Å². The Balaban J connectivity index is 1.98. The summed E-state index contributed by atoms with van der Waals surface area (Å²) in [4.78, 5) is 2.60. The number of hydrogen-bond acceptors (Lipinski definition) is 4. The van der Waals surface area contributed by atoms with Gasteiger partial charge in [0, 0.05) is 6.04 Å². The van der Waals surface area contributed by atoms with E-state index < -0.39 is 10.0 Å². The molecular weight excluding hydrogens is 288 g/mol. The maximum Gasteiger partial charge on any atom is 0.240 e. The third kappa shape index (κ3) is 4.51. The van der Waals surface area contributed by atoms with Crippen molar-refractivity contribution in [1.82, 2.24) is 9.62 Å². The molecule has 0 spiro atoms. The molecule has 0 radical (unpaired) electrons. The monoisotopic (exact) mass is 312 g/mol. The molecule has 1 aliphatic heterocycles. The first-order valence-electron chi connectivity index (χ1n) is 7.49. The van der Waals surface area contributed by atoms with Gasteiger partial charge in [-0.3, -0.25) is 0 Å². The summed E-state index contributed by atoms with van der Waals surface area (Å²) in [7, 11) is -3.50. The van der Waals surface area contributed by atoms with Crippen LogP contribution in [0.4, 0.5) is 0 Å². The number of nitrogens with zero attached hydrogens (tertiary/aromatic N) is 1. The Bertz CT molecular complexity index is 552. The second kappa shape index (κ2) is 7.35. The average Bonchev–Trinajstić information content (AvgIpc) is 2.49. The zero-order valence-electron chi connectivity index (χ0n) is 12.5. The van der Waals surface area contributed by atoms with E-state index in [2.05, 4.69) is 16.5 Å². The average molecular weight is 312 g/mol. The van der Waals surface area contributed by atoms with Gasteiger partial charge < -0.3 is 10.0 Å². The molecule has 6 heteroatoms. The van der Waals surface area contributed by atoms with Crippen molar-refractivity contribution in [3.8, 4) is 0 Å². The van der Waals surface area contributed by atoms with Gasteiger partial charge >= 0.3 is 0 Å². The lowest BCUT2D eigenvalue weighted by atomic mass is 10.1. The number of benzene rings is 1. The molecule has 1 aromatic rings. The van der Waals surface area contributed by atoms with Gasteiger partial charge in [0.15, 0.2) is 0 Å². The summed E-state index contributed by atoms with van der Waals surface area (Å²) in [6.45, 7) is 4.97. The van der Waals surface area contributed by atoms with Crippen LogP contribution in [0.2, 0.25) is 0 Å². The second-order valence-electron chi connectivity index (χ2n) is 5.54. The van der Waals surface area contributed by atoms with Gasteiger partial charge in [-0.1, -0.05) is 19.1 Å². The lowest BCUT2D eigenvalue weighted by molar-refractivity contribution is 0.208. The number of hydrogen-bond donors (Lipinski definition) is 2. The Kier molecular flexibility index (Phi) is 5.75. The molecule has 2 N–H and O–H groups in total. The third-order valence-electron chi connectivity index (χ3n) is 3.84. The highest BCUT2D eigenvalue weighted by Crippen LogP contribution is 2.16. The summed E-state index contributed by atoms with van der Waals surface area (Å²) in [5, 5.41) is 9.11. The van der Waals surface area contributed by atoms with Gasteiger partial charge in [-0.2, -0.15) is 0 Å². The largest absolute Gasteiger partial charge is 0.392 e. The minimum Gasteiger partial charge on any atom is -0.392 e. The van der Waals surface area contributed by atoms with Crippen LogP contribution >= 0.6 is 0 Å². The predicted molar refractivity (Wildman–Crippen MR) is 82.4 cm³/mol. The van der Waals surface area contributed by atoms with Crippen LogP contribution in [0.5, 0.6) is 0 Å². The summed E-state index contributed by atoms with van der Waals surface area (Å²) in [6, 6.07) is 6.45. The Labute approximate surface area is 127 Å². The minimum absolute atomic E-state index is 0.000823. The zero-order chi connectivity index (χ0) is 15.3. The highest BCUT2D eigenvalue weighted by atomic mass is 32.2. The molecule has 0 bridgehead atoms. The molecule has 0 saturated carbocycles. The fourth-order valence-electron chi connectivity index (χ4n) is 2.69. The molecule has 0 aromatic heterocycles. The molecule has 1 heterocycles. The van der Waals surface area contributed by atoms with Crippen molar-refractivity contribution in [2.45, 2.75) is 43.7 Å². The van der Waals surface area contributed by atoms with Gasteiger partial charge in [0.2, 0.25) is 10.0 Å². The van der Waals surface area contributed by atoms with Crippen LogP contribution in [0, 0.1) is 0 Å². The molecule has 0 unspecified atom stereocenters. The number of aliphatic hydroxyl groups is 1. The molecule has 1 fully saturated rings. The van der Waals surface area contributed by atoms with Crippen molar-refractivity contribution < 1.29 is 13.5 Å². The fraction of sp³-hybridized carbons (Fsp3) is 0.600. The van der Waals surface area contributed by atoms with Gasteiger partial charge in [-0.25, -0.2) is 13.1 Å². The van der Waals surface area contributed by atoms with Gasteiger partial charge in [0.1, 0.15) is 0 Å². The van der Waals surface area contributed by atoms with E-state index in [0.717, 1.165) is 38.9 Å². The predicted octanol–water partition coefficient (Wildman–Crippen LogP) is 1.33. The first kappa shape index (κ1) is 16.4. The Morgan fingerprint density at radius 2 is 2.05 bits per heavy atom. The van der Waals surface area contributed by atoms with E-state index in [-0.39, 0.29) is 17.5 Å². The van der Waals surface area contributed by atoms with Crippen molar-refractivity contribution in [3.05, 3.63) is 29.8 Å². The molecule has 0 atom stereocenters. The van der Waals surface area contributed by atoms with Crippen molar-refractivity contribution >= 4 is 10.0 Å². The number of piperidine rings is 1. The molecule has 0 amide bonds. The second-order valence-corrected chi connectivity index (χ2v) is 7.26. The topological polar surface area (TPSA) is 69.6 Å². The maximum absolute atomic E-state index is 12.4. The molecule has 21 heavy (non-hydrogen) atoms. The number of rotatable bonds is 6. The normalized spacial score (nSPS) is 18.0. The molecule has 5 nitrogen and oxygen atoms in total. The van der Waals surface area contributed by atoms with E-state index in [0.29, 0.717) is 5.56 Å². The van der Waals surface area contributed by atoms with Crippen LogP contribution in [0.15, 0.2) is 29.2 Å². The maximum atomic E-state index is 12.4. The Morgan fingerprint density at radius 3 is 2.67 bits per heavy atom. The van der Waals surface area contributed by atoms with Gasteiger partial charge in [0.05, 0.1) is 11.5 Å². The van der Waals surface area contributed by atoms with Crippen LogP contribution in [-0.2, 0) is 16.6 Å². The highest BCUT2D eigenvalue weighted by Gasteiger charge is 2.24. The standard InChI is InChI=1S/C15H24N2O3S/c1-2-8-17-9-6-14(7-10-17)16-21(19,20)15-5-3-4-13(11-15)12-18/h3-5,11,14,16,18H,2,6-10,12H2,1H3. The van der Waals surface area contributed by atoms with E-state index in [9.17, 15) is 8.42 Å². The lowest BCUT2D eigenvalue weighted by Gasteiger charge is -2.31. The van der Waals surface area contributed by atoms with E-state index >= 15 is 0 Å². The molecule has 118 valence electrons. The van der Waals surface area contributed by atoms with E-state index in [1.54, 1.807) is 18.2 Å². The van der Waals surface area contributed by atoms with Crippen LogP contribution < -0.4 is 4.72 Å². The SMILES string of the molecule is CCCN1CCC(NS(=O)(=O)c2cccc(CO)c2)CC1. The highest BCUT2D eigenvalue weighted by molar-refractivity contribution is 7.89. The first-order valence-corrected chi connectivity index (χ1v) is 8.98. The number of sulfonamides is 1. The van der Waals surface area contributed by atoms with E-state index in [4.69, 9.17) is 5.11 Å². The van der Waals surface area contributed by atoms with E-state index in [1.165, 1.54) is 6.07 Å². The van der Waals surface area contributed by atoms with Crippen molar-refractivity contribution in [3.63, 3.8) is 0 Å². The van der Waals surface area contributed by atoms with Crippen LogP contribution in [0.3, 0.4) is 0 Å². The smallest absolute Gasteiger partial charge is 0.240 e. The Hall–Kier alpha value is -0.950. The third-order valence-corrected chi connectivity index (χ3v) is 5.36. The molecule has 1 aromatic carbocycles. The van der Waals surface area contributed by atoms with Gasteiger partial charge in [-0.05, 0) is 56.6 Å². The number of nitrogens with one attached hydrogen (secondary N) is 1. The number of likely N-dealkylation sites (tertiary alicyclic amines) is 1. The van der Waals surface area contributed by atoms with Crippen LogP contribution in [0.25, 0.3) is 0 Å². The van der Waals surface area contributed by atoms with Gasteiger partial charge in [0.25, 0.3) is 0 Å². The first-order chi connectivity index (χ1) is 10.0. The quantitative estimate of drug-likeness (QED) is 0.831. The van der Waals surface area contributed by atoms with Crippen molar-refractivity contribution in [2.24, 2.45) is 0 Å². The summed E-state index contributed by atoms with van der Waals surface area (Å²) in [5.41, 5.74) is 0.607. The van der Waals surface area contributed by atoms with Crippen molar-refractivity contribution in [1.29, 1.82) is 0 Å². The molecule has 2 rings (SSSR count). The van der Waals surface area contributed by atoms with Crippen LogP contribution in [0.1, 0.15) is 31.7 Å². The summed E-state index contributed by atoms with van der Waals surface area (Å²) >= 11 is 0. The number of aliphatic hydroxyl groups excluding tert-OH is 1. The molecule has 0 aliphatic carbocycles. The van der Waals surface area contributed by atoms with E-state index in [1.807, 2.05) is 0 Å². The molecular formula is C15H24N2O3S. The fourth-order valence-corrected chi connectivity index (χ4v) is 4.06. The summed E-state index contributed by atoms with van der Waals surface area (Å²) in [5.74, 6) is 0.